The average Bonchev–Trinajstić information content (AvgIpc) is 2.34. The quantitative estimate of drug-likeness (QED) is 0.864. The Hall–Kier alpha value is -1.47. The summed E-state index contributed by atoms with van der Waals surface area (Å²) in [4.78, 5) is 11.8. The molecule has 0 saturated heterocycles. The summed E-state index contributed by atoms with van der Waals surface area (Å²) in [7, 11) is -2.24. The monoisotopic (exact) mass is 321 g/mol. The number of hydrogen-bond donors (Lipinski definition) is 1. The van der Waals surface area contributed by atoms with Crippen LogP contribution in [0.4, 0.5) is 0 Å². The minimum atomic E-state index is -3.64. The number of carbonyl (C=O) groups is 1. The minimum absolute atomic E-state index is 0.0705. The van der Waals surface area contributed by atoms with Gasteiger partial charge in [0, 0.05) is 5.56 Å². The van der Waals surface area contributed by atoms with Crippen LogP contribution >= 0.6 is 11.6 Å². The van der Waals surface area contributed by atoms with Crippen LogP contribution in [0.25, 0.3) is 0 Å². The molecule has 1 aromatic carbocycles. The van der Waals surface area contributed by atoms with Crippen molar-refractivity contribution >= 4 is 27.5 Å². The van der Waals surface area contributed by atoms with Crippen LogP contribution in [0.15, 0.2) is 12.1 Å². The number of ether oxygens (including phenoxy) is 2. The average molecular weight is 322 g/mol. The first kappa shape index (κ1) is 16.6. The van der Waals surface area contributed by atoms with Gasteiger partial charge in [0.25, 0.3) is 5.91 Å². The fourth-order valence-electron chi connectivity index (χ4n) is 1.42. The van der Waals surface area contributed by atoms with Gasteiger partial charge in [0.15, 0.2) is 11.5 Å². The molecule has 20 heavy (non-hydrogen) atoms. The molecule has 0 aromatic heterocycles. The van der Waals surface area contributed by atoms with E-state index in [-0.39, 0.29) is 16.3 Å². The van der Waals surface area contributed by atoms with Crippen LogP contribution in [-0.2, 0) is 10.0 Å². The molecule has 6 nitrogen and oxygen atoms in total. The first-order chi connectivity index (χ1) is 9.28. The molecule has 0 heterocycles. The van der Waals surface area contributed by atoms with Gasteiger partial charge in [0.05, 0.1) is 25.0 Å². The van der Waals surface area contributed by atoms with Gasteiger partial charge >= 0.3 is 0 Å². The minimum Gasteiger partial charge on any atom is -0.493 e. The lowest BCUT2D eigenvalue weighted by Gasteiger charge is -2.13. The maximum Gasteiger partial charge on any atom is 0.264 e. The molecule has 8 heteroatoms. The molecule has 1 amide bonds. The van der Waals surface area contributed by atoms with Gasteiger partial charge in [-0.1, -0.05) is 18.5 Å². The van der Waals surface area contributed by atoms with Crippen molar-refractivity contribution < 1.29 is 22.7 Å². The highest BCUT2D eigenvalue weighted by molar-refractivity contribution is 7.89. The van der Waals surface area contributed by atoms with Gasteiger partial charge in [-0.05, 0) is 18.6 Å². The summed E-state index contributed by atoms with van der Waals surface area (Å²) in [6.07, 6.45) is 1.68. The zero-order valence-electron chi connectivity index (χ0n) is 11.4. The molecule has 0 aliphatic heterocycles. The van der Waals surface area contributed by atoms with Crippen LogP contribution in [-0.4, -0.2) is 34.3 Å². The van der Waals surface area contributed by atoms with E-state index in [0.29, 0.717) is 12.4 Å². The van der Waals surface area contributed by atoms with E-state index in [1.165, 1.54) is 19.2 Å². The summed E-state index contributed by atoms with van der Waals surface area (Å²) < 4.78 is 34.5. The van der Waals surface area contributed by atoms with Gasteiger partial charge < -0.3 is 9.47 Å². The number of methoxy groups -OCH3 is 1. The normalized spacial score (nSPS) is 11.0. The molecule has 0 saturated carbocycles. The highest BCUT2D eigenvalue weighted by Gasteiger charge is 2.17. The predicted molar refractivity (Wildman–Crippen MR) is 76.1 cm³/mol. The van der Waals surface area contributed by atoms with Gasteiger partial charge in [-0.15, -0.1) is 0 Å². The molecule has 1 N–H and O–H groups in total. The van der Waals surface area contributed by atoms with Crippen LogP contribution in [0.2, 0.25) is 5.02 Å². The Balaban J connectivity index is 3.13. The highest BCUT2D eigenvalue weighted by atomic mass is 35.5. The van der Waals surface area contributed by atoms with E-state index in [9.17, 15) is 13.2 Å². The number of halogens is 1. The van der Waals surface area contributed by atoms with Crippen molar-refractivity contribution in [2.24, 2.45) is 0 Å². The smallest absolute Gasteiger partial charge is 0.264 e. The van der Waals surface area contributed by atoms with E-state index in [1.807, 2.05) is 11.6 Å². The third kappa shape index (κ3) is 4.57. The number of nitrogens with one attached hydrogen (secondary N) is 1. The molecule has 0 aliphatic rings. The van der Waals surface area contributed by atoms with Gasteiger partial charge in [-0.3, -0.25) is 4.79 Å². The molecule has 0 bridgehead atoms. The SMILES string of the molecule is CCCOc1c(Cl)cc(C(=O)NS(C)(=O)=O)cc1OC. The molecular weight excluding hydrogens is 306 g/mol. The van der Waals surface area contributed by atoms with Crippen LogP contribution in [0, 0.1) is 0 Å². The van der Waals surface area contributed by atoms with Crippen molar-refractivity contribution in [2.75, 3.05) is 20.0 Å². The van der Waals surface area contributed by atoms with Gasteiger partial charge in [0.1, 0.15) is 0 Å². The molecule has 0 radical (unpaired) electrons. The first-order valence-electron chi connectivity index (χ1n) is 5.81. The predicted octanol–water partition coefficient (Wildman–Crippen LogP) is 1.83. The number of carbonyl (C=O) groups excluding carboxylic acids is 1. The van der Waals surface area contributed by atoms with Crippen molar-refractivity contribution in [2.45, 2.75) is 13.3 Å². The molecule has 0 unspecified atom stereocenters. The Kier molecular flexibility index (Phi) is 5.64. The van der Waals surface area contributed by atoms with Crippen LogP contribution in [0.1, 0.15) is 23.7 Å². The lowest BCUT2D eigenvalue weighted by Crippen LogP contribution is -2.29. The largest absolute Gasteiger partial charge is 0.493 e. The van der Waals surface area contributed by atoms with E-state index in [1.54, 1.807) is 0 Å². The lowest BCUT2D eigenvalue weighted by molar-refractivity contribution is 0.0981. The third-order valence-corrected chi connectivity index (χ3v) is 3.06. The van der Waals surface area contributed by atoms with E-state index in [2.05, 4.69) is 0 Å². The van der Waals surface area contributed by atoms with Crippen molar-refractivity contribution in [3.05, 3.63) is 22.7 Å². The topological polar surface area (TPSA) is 81.7 Å². The Bertz CT molecular complexity index is 600. The van der Waals surface area contributed by atoms with E-state index >= 15 is 0 Å². The summed E-state index contributed by atoms with van der Waals surface area (Å²) in [5.74, 6) is -0.189. The van der Waals surface area contributed by atoms with Gasteiger partial charge in [-0.2, -0.15) is 0 Å². The molecule has 0 spiro atoms. The fraction of sp³-hybridized carbons (Fsp3) is 0.417. The van der Waals surface area contributed by atoms with Crippen molar-refractivity contribution in [3.8, 4) is 11.5 Å². The van der Waals surface area contributed by atoms with Crippen LogP contribution in [0.5, 0.6) is 11.5 Å². The van der Waals surface area contributed by atoms with E-state index in [0.717, 1.165) is 12.7 Å². The number of benzene rings is 1. The summed E-state index contributed by atoms with van der Waals surface area (Å²) >= 11 is 6.03. The zero-order chi connectivity index (χ0) is 15.3. The number of sulfonamides is 1. The molecule has 0 fully saturated rings. The van der Waals surface area contributed by atoms with Gasteiger partial charge in [0.2, 0.25) is 10.0 Å². The fourth-order valence-corrected chi connectivity index (χ4v) is 2.14. The maximum absolute atomic E-state index is 11.8. The van der Waals surface area contributed by atoms with E-state index in [4.69, 9.17) is 21.1 Å². The summed E-state index contributed by atoms with van der Waals surface area (Å²) in [5.41, 5.74) is 0.0705. The van der Waals surface area contributed by atoms with Crippen LogP contribution in [0.3, 0.4) is 0 Å². The van der Waals surface area contributed by atoms with Gasteiger partial charge in [-0.25, -0.2) is 13.1 Å². The molecule has 0 aliphatic carbocycles. The Labute approximate surface area is 123 Å². The second-order valence-corrected chi connectivity index (χ2v) is 6.20. The Morgan fingerprint density at radius 2 is 2.05 bits per heavy atom. The molecule has 112 valence electrons. The summed E-state index contributed by atoms with van der Waals surface area (Å²) in [6, 6.07) is 2.70. The molecule has 0 atom stereocenters. The molecule has 1 aromatic rings. The maximum atomic E-state index is 11.8. The van der Waals surface area contributed by atoms with Crippen molar-refractivity contribution in [3.63, 3.8) is 0 Å². The first-order valence-corrected chi connectivity index (χ1v) is 8.08. The van der Waals surface area contributed by atoms with Crippen molar-refractivity contribution in [1.82, 2.24) is 4.72 Å². The lowest BCUT2D eigenvalue weighted by atomic mass is 10.2. The van der Waals surface area contributed by atoms with Crippen LogP contribution < -0.4 is 14.2 Å². The second kappa shape index (κ2) is 6.81. The van der Waals surface area contributed by atoms with Crippen molar-refractivity contribution in [1.29, 1.82) is 0 Å². The summed E-state index contributed by atoms with van der Waals surface area (Å²) in [6.45, 7) is 2.39. The zero-order valence-corrected chi connectivity index (χ0v) is 13.0. The third-order valence-electron chi connectivity index (χ3n) is 2.22. The molecule has 1 rings (SSSR count). The Morgan fingerprint density at radius 3 is 2.55 bits per heavy atom. The number of hydrogen-bond acceptors (Lipinski definition) is 5. The summed E-state index contributed by atoms with van der Waals surface area (Å²) in [5, 5.41) is 0.177. The number of amides is 1. The standard InChI is InChI=1S/C12H16ClNO5S/c1-4-5-19-11-9(13)6-8(7-10(11)18-2)12(15)14-20(3,16)17/h6-7H,4-5H2,1-3H3,(H,14,15). The molecular formula is C12H16ClNO5S. The Morgan fingerprint density at radius 1 is 1.40 bits per heavy atom. The van der Waals surface area contributed by atoms with E-state index < -0.39 is 15.9 Å². The highest BCUT2D eigenvalue weighted by Crippen LogP contribution is 2.36. The number of rotatable bonds is 6. The second-order valence-electron chi connectivity index (χ2n) is 4.04.